The van der Waals surface area contributed by atoms with Crippen LogP contribution >= 0.6 is 34.4 Å². The SMILES string of the molecule is O=C1NC(=Nc2ccc(I)cc2)S/C1=C/c1cccc(OCc2cccc3ccccc23)c1. The summed E-state index contributed by atoms with van der Waals surface area (Å²) in [7, 11) is 0. The van der Waals surface area contributed by atoms with Gasteiger partial charge in [0.25, 0.3) is 5.91 Å². The minimum Gasteiger partial charge on any atom is -0.489 e. The molecule has 0 radical (unpaired) electrons. The molecule has 33 heavy (non-hydrogen) atoms. The topological polar surface area (TPSA) is 50.7 Å². The fraction of sp³-hybridized carbons (Fsp3) is 0.0370. The van der Waals surface area contributed by atoms with Crippen molar-refractivity contribution in [3.8, 4) is 5.75 Å². The molecule has 6 heteroatoms. The predicted molar refractivity (Wildman–Crippen MR) is 145 cm³/mol. The molecule has 1 N–H and O–H groups in total. The van der Waals surface area contributed by atoms with E-state index in [1.165, 1.54) is 22.5 Å². The van der Waals surface area contributed by atoms with Gasteiger partial charge in [-0.1, -0.05) is 54.6 Å². The number of amides is 1. The maximum Gasteiger partial charge on any atom is 0.264 e. The van der Waals surface area contributed by atoms with Crippen LogP contribution in [0.4, 0.5) is 5.69 Å². The number of hydrogen-bond donors (Lipinski definition) is 1. The molecule has 1 amide bonds. The van der Waals surface area contributed by atoms with Crippen molar-refractivity contribution in [3.63, 3.8) is 0 Å². The number of carbonyl (C=O) groups excluding carboxylic acids is 1. The second kappa shape index (κ2) is 9.80. The van der Waals surface area contributed by atoms with E-state index in [-0.39, 0.29) is 5.91 Å². The lowest BCUT2D eigenvalue weighted by atomic mass is 10.1. The largest absolute Gasteiger partial charge is 0.489 e. The summed E-state index contributed by atoms with van der Waals surface area (Å²) < 4.78 is 7.22. The van der Waals surface area contributed by atoms with E-state index in [2.05, 4.69) is 57.2 Å². The van der Waals surface area contributed by atoms with Crippen LogP contribution in [0.1, 0.15) is 11.1 Å². The fourth-order valence-electron chi connectivity index (χ4n) is 3.54. The van der Waals surface area contributed by atoms with Crippen LogP contribution in [0.5, 0.6) is 5.75 Å². The fourth-order valence-corrected chi connectivity index (χ4v) is 4.74. The van der Waals surface area contributed by atoms with E-state index < -0.39 is 0 Å². The summed E-state index contributed by atoms with van der Waals surface area (Å²) in [5.41, 5.74) is 2.85. The van der Waals surface area contributed by atoms with Crippen molar-refractivity contribution >= 4 is 68.0 Å². The Labute approximate surface area is 209 Å². The average Bonchev–Trinajstić information content (AvgIpc) is 3.17. The normalized spacial score (nSPS) is 15.8. The van der Waals surface area contributed by atoms with Gasteiger partial charge in [-0.15, -0.1) is 0 Å². The molecule has 4 aromatic carbocycles. The van der Waals surface area contributed by atoms with Crippen LogP contribution in [0.3, 0.4) is 0 Å². The molecule has 162 valence electrons. The van der Waals surface area contributed by atoms with E-state index in [1.807, 2.05) is 72.8 Å². The monoisotopic (exact) mass is 562 g/mol. The Morgan fingerprint density at radius 3 is 2.61 bits per heavy atom. The molecule has 0 saturated carbocycles. The van der Waals surface area contributed by atoms with Crippen LogP contribution in [0, 0.1) is 3.57 Å². The molecular weight excluding hydrogens is 543 g/mol. The van der Waals surface area contributed by atoms with E-state index >= 15 is 0 Å². The van der Waals surface area contributed by atoms with Gasteiger partial charge >= 0.3 is 0 Å². The first-order chi connectivity index (χ1) is 16.1. The van der Waals surface area contributed by atoms with Gasteiger partial charge in [0.05, 0.1) is 10.6 Å². The number of halogens is 1. The van der Waals surface area contributed by atoms with Crippen LogP contribution in [0.15, 0.2) is 101 Å². The number of benzene rings is 4. The summed E-state index contributed by atoms with van der Waals surface area (Å²) in [4.78, 5) is 17.6. The van der Waals surface area contributed by atoms with Crippen LogP contribution < -0.4 is 10.1 Å². The average molecular weight is 562 g/mol. The summed E-state index contributed by atoms with van der Waals surface area (Å²) >= 11 is 3.59. The molecule has 1 aliphatic heterocycles. The molecule has 0 aromatic heterocycles. The van der Waals surface area contributed by atoms with Crippen molar-refractivity contribution in [2.45, 2.75) is 6.61 Å². The lowest BCUT2D eigenvalue weighted by Crippen LogP contribution is -2.19. The number of amidine groups is 1. The Bertz CT molecular complexity index is 1390. The van der Waals surface area contributed by atoms with Crippen molar-refractivity contribution in [1.82, 2.24) is 5.32 Å². The first-order valence-electron chi connectivity index (χ1n) is 10.4. The van der Waals surface area contributed by atoms with Gasteiger partial charge in [-0.25, -0.2) is 4.99 Å². The molecular formula is C27H19IN2O2S. The van der Waals surface area contributed by atoms with E-state index in [0.29, 0.717) is 16.7 Å². The second-order valence-corrected chi connectivity index (χ2v) is 9.73. The van der Waals surface area contributed by atoms with Crippen molar-refractivity contribution in [1.29, 1.82) is 0 Å². The first kappa shape index (κ1) is 21.7. The van der Waals surface area contributed by atoms with Gasteiger partial charge < -0.3 is 10.1 Å². The molecule has 0 spiro atoms. The van der Waals surface area contributed by atoms with Gasteiger partial charge in [0.1, 0.15) is 12.4 Å². The Balaban J connectivity index is 1.30. The number of carbonyl (C=O) groups is 1. The number of fused-ring (bicyclic) bond motifs is 1. The second-order valence-electron chi connectivity index (χ2n) is 7.46. The van der Waals surface area contributed by atoms with Crippen molar-refractivity contribution in [2.75, 3.05) is 0 Å². The third-order valence-electron chi connectivity index (χ3n) is 5.14. The maximum absolute atomic E-state index is 12.4. The Kier molecular flexibility index (Phi) is 6.46. The molecule has 1 saturated heterocycles. The van der Waals surface area contributed by atoms with E-state index in [1.54, 1.807) is 0 Å². The lowest BCUT2D eigenvalue weighted by Gasteiger charge is -2.09. The summed E-state index contributed by atoms with van der Waals surface area (Å²) in [6, 6.07) is 30.1. The molecule has 0 unspecified atom stereocenters. The zero-order valence-corrected chi connectivity index (χ0v) is 20.5. The Hall–Kier alpha value is -3.10. The van der Waals surface area contributed by atoms with Gasteiger partial charge in [-0.3, -0.25) is 4.79 Å². The molecule has 5 rings (SSSR count). The third kappa shape index (κ3) is 5.29. The number of hydrogen-bond acceptors (Lipinski definition) is 4. The summed E-state index contributed by atoms with van der Waals surface area (Å²) in [6.07, 6.45) is 1.86. The van der Waals surface area contributed by atoms with Crippen molar-refractivity contribution in [3.05, 3.63) is 111 Å². The van der Waals surface area contributed by atoms with Gasteiger partial charge in [-0.2, -0.15) is 0 Å². The van der Waals surface area contributed by atoms with E-state index in [9.17, 15) is 4.79 Å². The third-order valence-corrected chi connectivity index (χ3v) is 6.77. The van der Waals surface area contributed by atoms with Crippen LogP contribution in [0.2, 0.25) is 0 Å². The molecule has 1 fully saturated rings. The van der Waals surface area contributed by atoms with Gasteiger partial charge in [0.2, 0.25) is 0 Å². The maximum atomic E-state index is 12.4. The quantitative estimate of drug-likeness (QED) is 0.212. The summed E-state index contributed by atoms with van der Waals surface area (Å²) in [5.74, 6) is 0.611. The molecule has 4 nitrogen and oxygen atoms in total. The minimum atomic E-state index is -0.147. The zero-order valence-electron chi connectivity index (χ0n) is 17.5. The van der Waals surface area contributed by atoms with Crippen LogP contribution in [-0.2, 0) is 11.4 Å². The molecule has 1 heterocycles. The van der Waals surface area contributed by atoms with Crippen molar-refractivity contribution < 1.29 is 9.53 Å². The highest BCUT2D eigenvalue weighted by Gasteiger charge is 2.23. The highest BCUT2D eigenvalue weighted by Crippen LogP contribution is 2.29. The predicted octanol–water partition coefficient (Wildman–Crippen LogP) is 6.92. The first-order valence-corrected chi connectivity index (χ1v) is 12.3. The number of ether oxygens (including phenoxy) is 1. The van der Waals surface area contributed by atoms with Gasteiger partial charge in [0, 0.05) is 3.57 Å². The highest BCUT2D eigenvalue weighted by molar-refractivity contribution is 14.1. The van der Waals surface area contributed by atoms with Gasteiger partial charge in [0.15, 0.2) is 5.17 Å². The zero-order chi connectivity index (χ0) is 22.6. The molecule has 0 aliphatic carbocycles. The summed E-state index contributed by atoms with van der Waals surface area (Å²) in [5, 5.41) is 5.81. The minimum absolute atomic E-state index is 0.147. The lowest BCUT2D eigenvalue weighted by molar-refractivity contribution is -0.115. The molecule has 4 aromatic rings. The number of thioether (sulfide) groups is 1. The Morgan fingerprint density at radius 1 is 0.939 bits per heavy atom. The van der Waals surface area contributed by atoms with E-state index in [0.717, 1.165) is 26.1 Å². The molecule has 1 aliphatic rings. The Morgan fingerprint density at radius 2 is 1.73 bits per heavy atom. The van der Waals surface area contributed by atoms with E-state index in [4.69, 9.17) is 4.74 Å². The number of nitrogens with zero attached hydrogens (tertiary/aromatic N) is 1. The molecule has 0 bridgehead atoms. The smallest absolute Gasteiger partial charge is 0.264 e. The van der Waals surface area contributed by atoms with Gasteiger partial charge in [-0.05, 0) is 98.7 Å². The highest BCUT2D eigenvalue weighted by atomic mass is 127. The standard InChI is InChI=1S/C27H19IN2O2S/c28-21-11-13-22(14-12-21)29-27-30-26(31)25(33-27)16-18-5-3-9-23(15-18)32-17-20-8-4-7-19-6-1-2-10-24(19)20/h1-16H,17H2,(H,29,30,31)/b25-16+. The van der Waals surface area contributed by atoms with Crippen LogP contribution in [-0.4, -0.2) is 11.1 Å². The van der Waals surface area contributed by atoms with Crippen molar-refractivity contribution in [2.24, 2.45) is 4.99 Å². The van der Waals surface area contributed by atoms with Crippen LogP contribution in [0.25, 0.3) is 16.8 Å². The number of nitrogens with one attached hydrogen (secondary N) is 1. The molecule has 0 atom stereocenters. The number of rotatable bonds is 5. The summed E-state index contributed by atoms with van der Waals surface area (Å²) in [6.45, 7) is 0.476. The number of aliphatic imine (C=N–C) groups is 1.